The highest BCUT2D eigenvalue weighted by Gasteiger charge is 2.10. The number of hydrogen-bond acceptors (Lipinski definition) is 5. The Morgan fingerprint density at radius 3 is 2.37 bits per heavy atom. The summed E-state index contributed by atoms with van der Waals surface area (Å²) < 4.78 is 27.8. The Bertz CT molecular complexity index is 709. The van der Waals surface area contributed by atoms with Gasteiger partial charge in [-0.3, -0.25) is 0 Å². The molecule has 2 aromatic rings. The third-order valence-corrected chi connectivity index (χ3v) is 3.52. The lowest BCUT2D eigenvalue weighted by Gasteiger charge is -1.98. The largest absolute Gasteiger partial charge is 0.334 e. The van der Waals surface area contributed by atoms with Crippen molar-refractivity contribution >= 4 is 15.9 Å². The summed E-state index contributed by atoms with van der Waals surface area (Å²) in [6.45, 7) is 3.87. The summed E-state index contributed by atoms with van der Waals surface area (Å²) in [5.74, 6) is 0.870. The molecule has 0 bridgehead atoms. The van der Waals surface area contributed by atoms with E-state index in [0.29, 0.717) is 17.3 Å². The Labute approximate surface area is 111 Å². The molecule has 0 atom stereocenters. The second-order valence-corrected chi connectivity index (χ2v) is 6.49. The molecule has 19 heavy (non-hydrogen) atoms. The standard InChI is InChI=1S/C13H14N2O3S/c1-9(2)8-12-14-13(15-18-12)10-4-6-11(7-5-10)19(3,16)17/h4-8H,1-3H3. The van der Waals surface area contributed by atoms with Gasteiger partial charge in [0.05, 0.1) is 4.90 Å². The Morgan fingerprint density at radius 2 is 1.84 bits per heavy atom. The van der Waals surface area contributed by atoms with Gasteiger partial charge in [-0.1, -0.05) is 10.7 Å². The Kier molecular flexibility index (Phi) is 3.53. The third kappa shape index (κ3) is 3.29. The molecule has 0 N–H and O–H groups in total. The van der Waals surface area contributed by atoms with Gasteiger partial charge in [-0.2, -0.15) is 4.98 Å². The predicted octanol–water partition coefficient (Wildman–Crippen LogP) is 2.56. The van der Waals surface area contributed by atoms with E-state index in [4.69, 9.17) is 4.52 Å². The van der Waals surface area contributed by atoms with Crippen LogP contribution in [-0.4, -0.2) is 24.8 Å². The van der Waals surface area contributed by atoms with E-state index >= 15 is 0 Å². The van der Waals surface area contributed by atoms with Crippen molar-refractivity contribution in [1.82, 2.24) is 10.1 Å². The number of sulfone groups is 1. The lowest BCUT2D eigenvalue weighted by molar-refractivity contribution is 0.411. The molecule has 5 nitrogen and oxygen atoms in total. The molecule has 1 aromatic heterocycles. The molecular weight excluding hydrogens is 264 g/mol. The number of rotatable bonds is 3. The van der Waals surface area contributed by atoms with E-state index in [-0.39, 0.29) is 4.90 Å². The minimum atomic E-state index is -3.19. The van der Waals surface area contributed by atoms with E-state index in [0.717, 1.165) is 5.57 Å². The predicted molar refractivity (Wildman–Crippen MR) is 72.2 cm³/mol. The first kappa shape index (κ1) is 13.5. The van der Waals surface area contributed by atoms with Gasteiger partial charge in [0, 0.05) is 17.9 Å². The number of hydrogen-bond donors (Lipinski definition) is 0. The number of nitrogens with zero attached hydrogens (tertiary/aromatic N) is 2. The van der Waals surface area contributed by atoms with Crippen molar-refractivity contribution in [3.8, 4) is 11.4 Å². The highest BCUT2D eigenvalue weighted by atomic mass is 32.2. The lowest BCUT2D eigenvalue weighted by Crippen LogP contribution is -1.96. The van der Waals surface area contributed by atoms with Gasteiger partial charge in [-0.15, -0.1) is 0 Å². The molecule has 0 aliphatic carbocycles. The molecular formula is C13H14N2O3S. The Morgan fingerprint density at radius 1 is 1.21 bits per heavy atom. The first-order valence-electron chi connectivity index (χ1n) is 5.65. The fourth-order valence-electron chi connectivity index (χ4n) is 1.51. The molecule has 1 heterocycles. The molecule has 0 aliphatic rings. The molecule has 1 aromatic carbocycles. The van der Waals surface area contributed by atoms with Gasteiger partial charge >= 0.3 is 0 Å². The van der Waals surface area contributed by atoms with Crippen LogP contribution in [0.2, 0.25) is 0 Å². The second-order valence-electron chi connectivity index (χ2n) is 4.47. The average molecular weight is 278 g/mol. The summed E-state index contributed by atoms with van der Waals surface area (Å²) in [4.78, 5) is 4.48. The van der Waals surface area contributed by atoms with Crippen LogP contribution in [-0.2, 0) is 9.84 Å². The highest BCUT2D eigenvalue weighted by molar-refractivity contribution is 7.90. The van der Waals surface area contributed by atoms with Crippen LogP contribution in [0.3, 0.4) is 0 Å². The van der Waals surface area contributed by atoms with Gasteiger partial charge in [0.25, 0.3) is 5.89 Å². The van der Waals surface area contributed by atoms with Crippen LogP contribution in [0.4, 0.5) is 0 Å². The van der Waals surface area contributed by atoms with Crippen LogP contribution in [0.5, 0.6) is 0 Å². The van der Waals surface area contributed by atoms with Crippen molar-refractivity contribution in [2.45, 2.75) is 18.7 Å². The normalized spacial score (nSPS) is 11.3. The van der Waals surface area contributed by atoms with E-state index in [9.17, 15) is 8.42 Å². The number of benzene rings is 1. The van der Waals surface area contributed by atoms with E-state index < -0.39 is 9.84 Å². The van der Waals surface area contributed by atoms with Gasteiger partial charge in [0.15, 0.2) is 9.84 Å². The zero-order valence-electron chi connectivity index (χ0n) is 10.9. The molecule has 0 saturated heterocycles. The minimum absolute atomic E-state index is 0.268. The highest BCUT2D eigenvalue weighted by Crippen LogP contribution is 2.19. The fraction of sp³-hybridized carbons (Fsp3) is 0.231. The summed E-state index contributed by atoms with van der Waals surface area (Å²) in [6.07, 6.45) is 2.95. The summed E-state index contributed by atoms with van der Waals surface area (Å²) in [5.41, 5.74) is 1.77. The average Bonchev–Trinajstić information content (AvgIpc) is 2.75. The van der Waals surface area contributed by atoms with Crippen LogP contribution in [0.25, 0.3) is 17.5 Å². The van der Waals surface area contributed by atoms with Crippen LogP contribution < -0.4 is 0 Å². The third-order valence-electron chi connectivity index (χ3n) is 2.39. The van der Waals surface area contributed by atoms with Gasteiger partial charge in [-0.25, -0.2) is 8.42 Å². The summed E-state index contributed by atoms with van der Waals surface area (Å²) in [6, 6.07) is 6.38. The maximum atomic E-state index is 11.3. The molecule has 0 spiro atoms. The zero-order valence-corrected chi connectivity index (χ0v) is 11.7. The SMILES string of the molecule is CC(C)=Cc1nc(-c2ccc(S(C)(=O)=O)cc2)no1. The van der Waals surface area contributed by atoms with E-state index in [2.05, 4.69) is 10.1 Å². The molecule has 100 valence electrons. The molecule has 0 radical (unpaired) electrons. The molecule has 6 heteroatoms. The monoisotopic (exact) mass is 278 g/mol. The molecule has 2 rings (SSSR count). The minimum Gasteiger partial charge on any atom is -0.334 e. The van der Waals surface area contributed by atoms with Gasteiger partial charge in [-0.05, 0) is 38.1 Å². The fourth-order valence-corrected chi connectivity index (χ4v) is 2.14. The van der Waals surface area contributed by atoms with Crippen molar-refractivity contribution in [1.29, 1.82) is 0 Å². The van der Waals surface area contributed by atoms with Crippen molar-refractivity contribution in [2.75, 3.05) is 6.26 Å². The maximum Gasteiger partial charge on any atom is 0.250 e. The van der Waals surface area contributed by atoms with Gasteiger partial charge < -0.3 is 4.52 Å². The summed E-state index contributed by atoms with van der Waals surface area (Å²) >= 11 is 0. The van der Waals surface area contributed by atoms with Crippen LogP contribution in [0.15, 0.2) is 39.3 Å². The summed E-state index contributed by atoms with van der Waals surface area (Å²) in [7, 11) is -3.19. The molecule has 0 amide bonds. The zero-order chi connectivity index (χ0) is 14.0. The van der Waals surface area contributed by atoms with Gasteiger partial charge in [0.2, 0.25) is 5.82 Å². The van der Waals surface area contributed by atoms with Crippen LogP contribution in [0.1, 0.15) is 19.7 Å². The molecule has 0 saturated carbocycles. The van der Waals surface area contributed by atoms with Crippen molar-refractivity contribution in [3.05, 3.63) is 35.7 Å². The van der Waals surface area contributed by atoms with E-state index in [1.807, 2.05) is 13.8 Å². The molecule has 0 aliphatic heterocycles. The Hall–Kier alpha value is -1.95. The van der Waals surface area contributed by atoms with Crippen LogP contribution >= 0.6 is 0 Å². The van der Waals surface area contributed by atoms with Crippen molar-refractivity contribution in [3.63, 3.8) is 0 Å². The number of aromatic nitrogens is 2. The van der Waals surface area contributed by atoms with E-state index in [1.54, 1.807) is 18.2 Å². The topological polar surface area (TPSA) is 73.1 Å². The van der Waals surface area contributed by atoms with Crippen LogP contribution in [0, 0.1) is 0 Å². The quantitative estimate of drug-likeness (QED) is 0.862. The maximum absolute atomic E-state index is 11.3. The lowest BCUT2D eigenvalue weighted by atomic mass is 10.2. The smallest absolute Gasteiger partial charge is 0.250 e. The van der Waals surface area contributed by atoms with Gasteiger partial charge in [0.1, 0.15) is 0 Å². The second kappa shape index (κ2) is 4.97. The molecule has 0 fully saturated rings. The van der Waals surface area contributed by atoms with E-state index in [1.165, 1.54) is 18.4 Å². The molecule has 0 unspecified atom stereocenters. The summed E-state index contributed by atoms with van der Waals surface area (Å²) in [5, 5.41) is 3.85. The van der Waals surface area contributed by atoms with Crippen molar-refractivity contribution < 1.29 is 12.9 Å². The first-order valence-corrected chi connectivity index (χ1v) is 7.54. The number of allylic oxidation sites excluding steroid dienone is 1. The Balaban J connectivity index is 2.33. The van der Waals surface area contributed by atoms with Crippen molar-refractivity contribution in [2.24, 2.45) is 0 Å². The first-order chi connectivity index (χ1) is 8.86.